The maximum Gasteiger partial charge on any atom is 0.509 e. The van der Waals surface area contributed by atoms with Crippen LogP contribution in [0.5, 0.6) is 0 Å². The topological polar surface area (TPSA) is 85.2 Å². The van der Waals surface area contributed by atoms with Gasteiger partial charge in [0.15, 0.2) is 12.2 Å². The Kier molecular flexibility index (Phi) is 3.05. The van der Waals surface area contributed by atoms with Crippen LogP contribution in [0.3, 0.4) is 0 Å². The van der Waals surface area contributed by atoms with Crippen molar-refractivity contribution < 1.29 is 29.2 Å². The van der Waals surface area contributed by atoms with Gasteiger partial charge < -0.3 is 24.4 Å². The summed E-state index contributed by atoms with van der Waals surface area (Å²) in [5, 5.41) is 19.1. The number of fused-ring (bicyclic) bond motifs is 1. The average Bonchev–Trinajstić information content (AvgIpc) is 2.60. The highest BCUT2D eigenvalue weighted by Crippen LogP contribution is 2.33. The summed E-state index contributed by atoms with van der Waals surface area (Å²) in [7, 11) is 0. The fourth-order valence-corrected chi connectivity index (χ4v) is 2.18. The van der Waals surface area contributed by atoms with Crippen molar-refractivity contribution in [1.29, 1.82) is 0 Å². The fourth-order valence-electron chi connectivity index (χ4n) is 2.18. The van der Waals surface area contributed by atoms with E-state index in [4.69, 9.17) is 19.3 Å². The van der Waals surface area contributed by atoms with Gasteiger partial charge in [0.05, 0.1) is 12.7 Å². The molecule has 0 aromatic heterocycles. The molecule has 2 fully saturated rings. The first-order valence-corrected chi connectivity index (χ1v) is 5.36. The minimum Gasteiger partial charge on any atom is -0.424 e. The van der Waals surface area contributed by atoms with Crippen LogP contribution in [0.1, 0.15) is 13.8 Å². The van der Waals surface area contributed by atoms with Crippen molar-refractivity contribution in [3.05, 3.63) is 0 Å². The minimum atomic E-state index is -0.917. The van der Waals surface area contributed by atoms with Gasteiger partial charge in [0.2, 0.25) is 0 Å². The number of aliphatic hydroxyl groups excluding tert-OH is 2. The van der Waals surface area contributed by atoms with E-state index >= 15 is 0 Å². The maximum atomic E-state index is 11.0. The van der Waals surface area contributed by atoms with E-state index in [0.717, 1.165) is 0 Å². The first kappa shape index (κ1) is 11.6. The molecule has 2 rings (SSSR count). The van der Waals surface area contributed by atoms with Crippen molar-refractivity contribution in [3.8, 4) is 0 Å². The zero-order valence-electron chi connectivity index (χ0n) is 9.20. The standard InChI is InChI=1S/C10H16O6/c1-4(2)7-6(12)9-8(5(3-11)14-7)15-10(13)16-9/h4-9,11-12H,3H2,1-2H3/t5?,6?,7-,8+,9-/m1/s1. The molecule has 0 aromatic rings. The van der Waals surface area contributed by atoms with Gasteiger partial charge in [-0.25, -0.2) is 4.79 Å². The van der Waals surface area contributed by atoms with Gasteiger partial charge in [0.25, 0.3) is 0 Å². The molecule has 0 aliphatic carbocycles. The highest BCUT2D eigenvalue weighted by molar-refractivity contribution is 5.63. The highest BCUT2D eigenvalue weighted by atomic mass is 16.8. The Morgan fingerprint density at radius 2 is 1.94 bits per heavy atom. The summed E-state index contributed by atoms with van der Waals surface area (Å²) in [5.41, 5.74) is 0. The summed E-state index contributed by atoms with van der Waals surface area (Å²) in [6.07, 6.45) is -4.30. The molecule has 2 aliphatic rings. The van der Waals surface area contributed by atoms with E-state index < -0.39 is 36.7 Å². The molecule has 6 heteroatoms. The Morgan fingerprint density at radius 1 is 1.31 bits per heavy atom. The van der Waals surface area contributed by atoms with Gasteiger partial charge in [-0.05, 0) is 5.92 Å². The SMILES string of the molecule is CC(C)[C@H]1OC(CO)[C@@H]2OC(=O)O[C@@H]2C1O. The van der Waals surface area contributed by atoms with E-state index in [1.54, 1.807) is 0 Å². The summed E-state index contributed by atoms with van der Waals surface area (Å²) in [6, 6.07) is 0. The largest absolute Gasteiger partial charge is 0.509 e. The van der Waals surface area contributed by atoms with Crippen LogP contribution < -0.4 is 0 Å². The Morgan fingerprint density at radius 3 is 2.50 bits per heavy atom. The molecule has 0 bridgehead atoms. The predicted octanol–water partition coefficient (Wildman–Crippen LogP) is -0.333. The average molecular weight is 232 g/mol. The molecule has 2 aliphatic heterocycles. The summed E-state index contributed by atoms with van der Waals surface area (Å²) in [4.78, 5) is 11.0. The molecule has 0 amide bonds. The van der Waals surface area contributed by atoms with Gasteiger partial charge in [-0.1, -0.05) is 13.8 Å². The van der Waals surface area contributed by atoms with E-state index in [9.17, 15) is 9.90 Å². The Balaban J connectivity index is 2.19. The van der Waals surface area contributed by atoms with Crippen molar-refractivity contribution >= 4 is 6.16 Å². The molecular formula is C10H16O6. The minimum absolute atomic E-state index is 0.0595. The van der Waals surface area contributed by atoms with Gasteiger partial charge >= 0.3 is 6.16 Å². The van der Waals surface area contributed by atoms with Crippen LogP contribution in [0.2, 0.25) is 0 Å². The molecule has 5 atom stereocenters. The molecule has 2 unspecified atom stereocenters. The summed E-state index contributed by atoms with van der Waals surface area (Å²) in [6.45, 7) is 3.51. The number of hydrogen-bond acceptors (Lipinski definition) is 6. The smallest absolute Gasteiger partial charge is 0.424 e. The Labute approximate surface area is 93.1 Å². The second kappa shape index (κ2) is 4.20. The van der Waals surface area contributed by atoms with E-state index in [1.807, 2.05) is 13.8 Å². The first-order valence-electron chi connectivity index (χ1n) is 5.36. The molecule has 2 saturated heterocycles. The second-order valence-corrected chi connectivity index (χ2v) is 4.47. The summed E-state index contributed by atoms with van der Waals surface area (Å²) in [5.74, 6) is 0.0595. The lowest BCUT2D eigenvalue weighted by molar-refractivity contribution is -0.207. The normalized spacial score (nSPS) is 42.8. The van der Waals surface area contributed by atoms with Crippen LogP contribution in [0.4, 0.5) is 4.79 Å². The molecule has 0 spiro atoms. The van der Waals surface area contributed by atoms with E-state index in [-0.39, 0.29) is 12.5 Å². The van der Waals surface area contributed by atoms with Gasteiger partial charge in [-0.15, -0.1) is 0 Å². The van der Waals surface area contributed by atoms with Crippen LogP contribution >= 0.6 is 0 Å². The third-order valence-corrected chi connectivity index (χ3v) is 3.00. The van der Waals surface area contributed by atoms with Gasteiger partial charge in [-0.2, -0.15) is 0 Å². The number of carbonyl (C=O) groups excluding carboxylic acids is 1. The monoisotopic (exact) mass is 232 g/mol. The van der Waals surface area contributed by atoms with Crippen LogP contribution in [0, 0.1) is 5.92 Å². The number of rotatable bonds is 2. The molecule has 2 N–H and O–H groups in total. The lowest BCUT2D eigenvalue weighted by atomic mass is 9.90. The summed E-state index contributed by atoms with van der Waals surface area (Å²) < 4.78 is 15.3. The van der Waals surface area contributed by atoms with Crippen molar-refractivity contribution in [2.24, 2.45) is 5.92 Å². The van der Waals surface area contributed by atoms with Crippen LogP contribution in [0.15, 0.2) is 0 Å². The maximum absolute atomic E-state index is 11.0. The van der Waals surface area contributed by atoms with E-state index in [0.29, 0.717) is 0 Å². The molecule has 16 heavy (non-hydrogen) atoms. The molecule has 0 radical (unpaired) electrons. The van der Waals surface area contributed by atoms with Crippen molar-refractivity contribution in [2.75, 3.05) is 6.61 Å². The van der Waals surface area contributed by atoms with Gasteiger partial charge in [0, 0.05) is 0 Å². The fraction of sp³-hybridized carbons (Fsp3) is 0.900. The van der Waals surface area contributed by atoms with Crippen LogP contribution in [-0.4, -0.2) is 53.5 Å². The molecular weight excluding hydrogens is 216 g/mol. The van der Waals surface area contributed by atoms with Crippen molar-refractivity contribution in [1.82, 2.24) is 0 Å². The first-order chi connectivity index (χ1) is 7.54. The highest BCUT2D eigenvalue weighted by Gasteiger charge is 2.53. The Bertz CT molecular complexity index is 278. The van der Waals surface area contributed by atoms with Crippen LogP contribution in [0.25, 0.3) is 0 Å². The lowest BCUT2D eigenvalue weighted by Crippen LogP contribution is -2.58. The van der Waals surface area contributed by atoms with Gasteiger partial charge in [0.1, 0.15) is 12.2 Å². The van der Waals surface area contributed by atoms with Gasteiger partial charge in [-0.3, -0.25) is 0 Å². The Hall–Kier alpha value is -0.850. The quantitative estimate of drug-likeness (QED) is 0.634. The van der Waals surface area contributed by atoms with Crippen LogP contribution in [-0.2, 0) is 14.2 Å². The molecule has 2 heterocycles. The lowest BCUT2D eigenvalue weighted by Gasteiger charge is -2.40. The zero-order chi connectivity index (χ0) is 11.9. The number of carbonyl (C=O) groups is 1. The van der Waals surface area contributed by atoms with E-state index in [2.05, 4.69) is 0 Å². The summed E-state index contributed by atoms with van der Waals surface area (Å²) >= 11 is 0. The third kappa shape index (κ3) is 1.77. The zero-order valence-corrected chi connectivity index (χ0v) is 9.20. The molecule has 92 valence electrons. The number of aliphatic hydroxyl groups is 2. The molecule has 6 nitrogen and oxygen atoms in total. The molecule has 0 aromatic carbocycles. The third-order valence-electron chi connectivity index (χ3n) is 3.00. The number of hydrogen-bond donors (Lipinski definition) is 2. The molecule has 0 saturated carbocycles. The van der Waals surface area contributed by atoms with Crippen molar-refractivity contribution in [2.45, 2.75) is 44.4 Å². The van der Waals surface area contributed by atoms with E-state index in [1.165, 1.54) is 0 Å². The number of ether oxygens (including phenoxy) is 3. The van der Waals surface area contributed by atoms with Crippen molar-refractivity contribution in [3.63, 3.8) is 0 Å². The predicted molar refractivity (Wildman–Crippen MR) is 51.7 cm³/mol. The second-order valence-electron chi connectivity index (χ2n) is 4.47.